The van der Waals surface area contributed by atoms with Crippen LogP contribution in [0.3, 0.4) is 0 Å². The molecule has 1 N–H and O–H groups in total. The Hall–Kier alpha value is -3.16. The molecule has 0 atom stereocenters. The van der Waals surface area contributed by atoms with Crippen LogP contribution in [0.1, 0.15) is 15.9 Å². The maximum Gasteiger partial charge on any atom is 0.338 e. The summed E-state index contributed by atoms with van der Waals surface area (Å²) in [5.74, 6) is -1.10. The van der Waals surface area contributed by atoms with Crippen molar-refractivity contribution < 1.29 is 9.90 Å². The summed E-state index contributed by atoms with van der Waals surface area (Å²) in [5.41, 5.74) is 1.81. The van der Waals surface area contributed by atoms with Gasteiger partial charge in [-0.15, -0.1) is 0 Å². The number of halogens is 1. The van der Waals surface area contributed by atoms with E-state index >= 15 is 0 Å². The van der Waals surface area contributed by atoms with Gasteiger partial charge in [0, 0.05) is 11.2 Å². The molecular weight excluding hydrogens is 410 g/mol. The lowest BCUT2D eigenvalue weighted by Gasteiger charge is -2.14. The number of hydrogen-bond acceptors (Lipinski definition) is 5. The van der Waals surface area contributed by atoms with E-state index in [4.69, 9.17) is 11.6 Å². The second kappa shape index (κ2) is 7.69. The summed E-state index contributed by atoms with van der Waals surface area (Å²) in [6.45, 7) is 1.93. The first-order chi connectivity index (χ1) is 13.9. The Morgan fingerprint density at radius 2 is 1.97 bits per heavy atom. The lowest BCUT2D eigenvalue weighted by Crippen LogP contribution is -2.22. The Balaban J connectivity index is 2.00. The van der Waals surface area contributed by atoms with Crippen molar-refractivity contribution >= 4 is 40.2 Å². The number of carbonyl (C=O) groups is 1. The number of benzene rings is 2. The average Bonchev–Trinajstić information content (AvgIpc) is 2.68. The molecule has 0 radical (unpaired) electrons. The topological polar surface area (TPSA) is 85.1 Å². The van der Waals surface area contributed by atoms with Gasteiger partial charge in [-0.2, -0.15) is 0 Å². The summed E-state index contributed by atoms with van der Waals surface area (Å²) in [6.07, 6.45) is 1.50. The van der Waals surface area contributed by atoms with Crippen LogP contribution in [0.15, 0.2) is 75.8 Å². The van der Waals surface area contributed by atoms with Gasteiger partial charge in [0.15, 0.2) is 5.16 Å². The van der Waals surface area contributed by atoms with Gasteiger partial charge in [-0.25, -0.2) is 14.8 Å². The molecule has 8 heteroatoms. The van der Waals surface area contributed by atoms with Crippen LogP contribution in [0, 0.1) is 6.92 Å². The monoisotopic (exact) mass is 423 g/mol. The highest BCUT2D eigenvalue weighted by atomic mass is 35.5. The van der Waals surface area contributed by atoms with Gasteiger partial charge in [0.25, 0.3) is 5.56 Å². The quantitative estimate of drug-likeness (QED) is 0.483. The van der Waals surface area contributed by atoms with Gasteiger partial charge in [-0.05, 0) is 66.7 Å². The van der Waals surface area contributed by atoms with Crippen molar-refractivity contribution in [3.63, 3.8) is 0 Å². The van der Waals surface area contributed by atoms with E-state index in [-0.39, 0.29) is 16.1 Å². The number of carboxylic acid groups (broad SMARTS) is 1. The van der Waals surface area contributed by atoms with Crippen LogP contribution in [0.4, 0.5) is 0 Å². The van der Waals surface area contributed by atoms with Gasteiger partial charge in [-0.3, -0.25) is 9.36 Å². The maximum atomic E-state index is 13.3. The Morgan fingerprint density at radius 1 is 1.14 bits per heavy atom. The fourth-order valence-electron chi connectivity index (χ4n) is 2.92. The fourth-order valence-corrected chi connectivity index (χ4v) is 4.06. The number of pyridine rings is 1. The second-order valence-corrected chi connectivity index (χ2v) is 7.69. The zero-order chi connectivity index (χ0) is 20.5. The normalized spacial score (nSPS) is 11.0. The molecule has 0 saturated carbocycles. The largest absolute Gasteiger partial charge is 0.478 e. The third-order valence-electron chi connectivity index (χ3n) is 4.25. The molecule has 0 unspecified atom stereocenters. The fraction of sp³-hybridized carbons (Fsp3) is 0.0476. The molecule has 0 aliphatic carbocycles. The minimum atomic E-state index is -1.10. The molecule has 2 aromatic heterocycles. The predicted molar refractivity (Wildman–Crippen MR) is 112 cm³/mol. The molecule has 0 bridgehead atoms. The molecule has 0 amide bonds. The summed E-state index contributed by atoms with van der Waals surface area (Å²) in [4.78, 5) is 33.7. The number of hydrogen-bond donors (Lipinski definition) is 1. The molecule has 2 heterocycles. The molecule has 29 heavy (non-hydrogen) atoms. The van der Waals surface area contributed by atoms with Gasteiger partial charge in [-0.1, -0.05) is 23.7 Å². The summed E-state index contributed by atoms with van der Waals surface area (Å²) < 4.78 is 1.47. The summed E-state index contributed by atoms with van der Waals surface area (Å²) in [5, 5.41) is 10.9. The minimum Gasteiger partial charge on any atom is -0.478 e. The first-order valence-corrected chi connectivity index (χ1v) is 9.79. The number of aromatic nitrogens is 3. The third kappa shape index (κ3) is 3.74. The molecule has 4 aromatic rings. The van der Waals surface area contributed by atoms with E-state index in [9.17, 15) is 14.7 Å². The number of fused-ring (bicyclic) bond motifs is 1. The molecular formula is C21H14ClN3O3S. The Kier molecular flexibility index (Phi) is 5.08. The first-order valence-electron chi connectivity index (χ1n) is 8.59. The Morgan fingerprint density at radius 3 is 2.72 bits per heavy atom. The number of rotatable bonds is 4. The van der Waals surface area contributed by atoms with Crippen molar-refractivity contribution in [3.05, 3.63) is 87.3 Å². The van der Waals surface area contributed by atoms with Gasteiger partial charge in [0.2, 0.25) is 0 Å². The van der Waals surface area contributed by atoms with E-state index in [0.29, 0.717) is 26.8 Å². The lowest BCUT2D eigenvalue weighted by molar-refractivity contribution is 0.0692. The van der Waals surface area contributed by atoms with Gasteiger partial charge < -0.3 is 5.11 Å². The summed E-state index contributed by atoms with van der Waals surface area (Å²) >= 11 is 7.10. The van der Waals surface area contributed by atoms with Crippen molar-refractivity contribution in [3.8, 4) is 5.69 Å². The van der Waals surface area contributed by atoms with Crippen LogP contribution in [-0.4, -0.2) is 25.6 Å². The SMILES string of the molecule is Cc1cccc(-n2c(Sc3ncccc3C(=O)O)nc3cc(Cl)ccc3c2=O)c1. The molecule has 144 valence electrons. The number of nitrogens with zero attached hydrogens (tertiary/aromatic N) is 3. The van der Waals surface area contributed by atoms with Gasteiger partial charge in [0.1, 0.15) is 5.03 Å². The van der Waals surface area contributed by atoms with E-state index < -0.39 is 5.97 Å². The average molecular weight is 424 g/mol. The van der Waals surface area contributed by atoms with Crippen LogP contribution in [-0.2, 0) is 0 Å². The van der Waals surface area contributed by atoms with Crippen molar-refractivity contribution in [2.45, 2.75) is 17.1 Å². The lowest BCUT2D eigenvalue weighted by atomic mass is 10.2. The third-order valence-corrected chi connectivity index (χ3v) is 5.46. The maximum absolute atomic E-state index is 13.3. The highest BCUT2D eigenvalue weighted by Gasteiger charge is 2.18. The van der Waals surface area contributed by atoms with E-state index in [0.717, 1.165) is 17.3 Å². The number of aromatic carboxylic acids is 1. The van der Waals surface area contributed by atoms with Crippen molar-refractivity contribution in [1.29, 1.82) is 0 Å². The second-order valence-electron chi connectivity index (χ2n) is 6.30. The highest BCUT2D eigenvalue weighted by molar-refractivity contribution is 7.99. The van der Waals surface area contributed by atoms with E-state index in [1.165, 1.54) is 16.8 Å². The molecule has 0 spiro atoms. The van der Waals surface area contributed by atoms with E-state index in [2.05, 4.69) is 9.97 Å². The van der Waals surface area contributed by atoms with Crippen LogP contribution < -0.4 is 5.56 Å². The first kappa shape index (κ1) is 19.2. The molecule has 0 fully saturated rings. The Labute approximate surface area is 174 Å². The van der Waals surface area contributed by atoms with Crippen LogP contribution in [0.5, 0.6) is 0 Å². The zero-order valence-electron chi connectivity index (χ0n) is 15.2. The van der Waals surface area contributed by atoms with Crippen molar-refractivity contribution in [2.24, 2.45) is 0 Å². The molecule has 0 aliphatic heterocycles. The summed E-state index contributed by atoms with van der Waals surface area (Å²) in [6, 6.07) is 15.3. The molecule has 6 nitrogen and oxygen atoms in total. The molecule has 0 saturated heterocycles. The molecule has 4 rings (SSSR count). The Bertz CT molecular complexity index is 1320. The number of aryl methyl sites for hydroxylation is 1. The number of carboxylic acids is 1. The van der Waals surface area contributed by atoms with Crippen LogP contribution in [0.25, 0.3) is 16.6 Å². The van der Waals surface area contributed by atoms with Crippen molar-refractivity contribution in [2.75, 3.05) is 0 Å². The highest BCUT2D eigenvalue weighted by Crippen LogP contribution is 2.30. The predicted octanol–water partition coefficient (Wildman–Crippen LogP) is 4.59. The van der Waals surface area contributed by atoms with E-state index in [1.54, 1.807) is 30.3 Å². The standard InChI is InChI=1S/C21H14ClN3O3S/c1-12-4-2-5-14(10-12)25-19(26)15-8-7-13(22)11-17(15)24-21(25)29-18-16(20(27)28)6-3-9-23-18/h2-11H,1H3,(H,27,28). The molecule has 0 aliphatic rings. The van der Waals surface area contributed by atoms with Crippen LogP contribution >= 0.6 is 23.4 Å². The van der Waals surface area contributed by atoms with Crippen LogP contribution in [0.2, 0.25) is 5.02 Å². The molecule has 2 aromatic carbocycles. The van der Waals surface area contributed by atoms with Gasteiger partial charge in [0.05, 0.1) is 22.2 Å². The van der Waals surface area contributed by atoms with Crippen molar-refractivity contribution in [1.82, 2.24) is 14.5 Å². The minimum absolute atomic E-state index is 0.0359. The van der Waals surface area contributed by atoms with E-state index in [1.807, 2.05) is 25.1 Å². The smallest absolute Gasteiger partial charge is 0.338 e. The van der Waals surface area contributed by atoms with Gasteiger partial charge >= 0.3 is 5.97 Å². The summed E-state index contributed by atoms with van der Waals surface area (Å²) in [7, 11) is 0. The zero-order valence-corrected chi connectivity index (χ0v) is 16.7.